The molecule has 1 aliphatic carbocycles. The van der Waals surface area contributed by atoms with Crippen LogP contribution < -0.4 is 0 Å². The van der Waals surface area contributed by atoms with Gasteiger partial charge in [-0.3, -0.25) is 9.97 Å². The predicted octanol–water partition coefficient (Wildman–Crippen LogP) is 4.23. The molecule has 3 atom stereocenters. The zero-order chi connectivity index (χ0) is 19.2. The first kappa shape index (κ1) is 18.9. The summed E-state index contributed by atoms with van der Waals surface area (Å²) in [6.45, 7) is -0.250. The number of pyridine rings is 2. The molecule has 2 aromatic rings. The highest BCUT2D eigenvalue weighted by Gasteiger charge is 2.37. The fourth-order valence-corrected chi connectivity index (χ4v) is 4.28. The Kier molecular flexibility index (Phi) is 6.17. The second-order valence-corrected chi connectivity index (χ2v) is 7.30. The Morgan fingerprint density at radius 1 is 0.821 bits per heavy atom. The van der Waals surface area contributed by atoms with Gasteiger partial charge in [-0.15, -0.1) is 0 Å². The number of aromatic nitrogens is 2. The van der Waals surface area contributed by atoms with Gasteiger partial charge in [-0.2, -0.15) is 10.2 Å². The molecule has 0 saturated heterocycles. The van der Waals surface area contributed by atoms with E-state index in [2.05, 4.69) is 20.2 Å². The summed E-state index contributed by atoms with van der Waals surface area (Å²) < 4.78 is 18.3. The van der Waals surface area contributed by atoms with Crippen LogP contribution >= 0.6 is 0 Å². The third-order valence-electron chi connectivity index (χ3n) is 5.58. The van der Waals surface area contributed by atoms with Gasteiger partial charge in [-0.25, -0.2) is 4.39 Å². The molecule has 28 heavy (non-hydrogen) atoms. The number of halogens is 1. The molecule has 0 N–H and O–H groups in total. The van der Waals surface area contributed by atoms with E-state index in [1.54, 1.807) is 12.4 Å². The summed E-state index contributed by atoms with van der Waals surface area (Å²) in [4.78, 5) is 9.04. The number of fused-ring (bicyclic) bond motifs is 1. The van der Waals surface area contributed by atoms with Crippen LogP contribution in [0.5, 0.6) is 0 Å². The molecule has 146 valence electrons. The molecule has 0 aromatic carbocycles. The highest BCUT2D eigenvalue weighted by atomic mass is 18.2. The summed E-state index contributed by atoms with van der Waals surface area (Å²) >= 11 is 0. The molecule has 4 rings (SSSR count). The Morgan fingerprint density at radius 3 is 2.04 bits per heavy atom. The molecule has 2 aromatic heterocycles. The van der Waals surface area contributed by atoms with Crippen LogP contribution in [0.3, 0.4) is 0 Å². The first-order valence-electron chi connectivity index (χ1n) is 10.0. The van der Waals surface area contributed by atoms with Crippen LogP contribution in [0.1, 0.15) is 43.5 Å². The molecule has 0 radical (unpaired) electrons. The van der Waals surface area contributed by atoms with Gasteiger partial charge in [0.1, 0.15) is 6.67 Å². The number of rotatable bonds is 5. The van der Waals surface area contributed by atoms with E-state index in [0.29, 0.717) is 0 Å². The Balaban J connectivity index is 1.66. The Bertz CT molecular complexity index is 825. The quantitative estimate of drug-likeness (QED) is 0.781. The van der Waals surface area contributed by atoms with E-state index in [1.165, 1.54) is 0 Å². The monoisotopic (exact) mass is 379 g/mol. The average Bonchev–Trinajstić information content (AvgIpc) is 2.74. The lowest BCUT2D eigenvalue weighted by Gasteiger charge is -2.34. The van der Waals surface area contributed by atoms with E-state index in [0.717, 1.165) is 54.9 Å². The molecular formula is C22H25FN4O. The van der Waals surface area contributed by atoms with Crippen LogP contribution in [0.15, 0.2) is 59.0 Å². The average molecular weight is 379 g/mol. The molecule has 1 aliphatic heterocycles. The molecule has 0 bridgehead atoms. The molecule has 0 amide bonds. The third-order valence-corrected chi connectivity index (χ3v) is 5.58. The van der Waals surface area contributed by atoms with Gasteiger partial charge < -0.3 is 4.74 Å². The summed E-state index contributed by atoms with van der Waals surface area (Å²) in [6.07, 6.45) is 8.47. The lowest BCUT2D eigenvalue weighted by atomic mass is 9.74. The van der Waals surface area contributed by atoms with Crippen LogP contribution in [-0.2, 0) is 4.74 Å². The van der Waals surface area contributed by atoms with E-state index in [-0.39, 0.29) is 24.5 Å². The third kappa shape index (κ3) is 4.17. The zero-order valence-electron chi connectivity index (χ0n) is 15.9. The second-order valence-electron chi connectivity index (χ2n) is 7.30. The molecule has 6 heteroatoms. The second kappa shape index (κ2) is 9.15. The molecule has 1 saturated carbocycles. The highest BCUT2D eigenvalue weighted by Crippen LogP contribution is 2.36. The Labute approximate surface area is 164 Å². The van der Waals surface area contributed by atoms with E-state index in [1.807, 2.05) is 36.4 Å². The van der Waals surface area contributed by atoms with Gasteiger partial charge in [-0.05, 0) is 49.9 Å². The van der Waals surface area contributed by atoms with Crippen molar-refractivity contribution in [3.05, 3.63) is 60.2 Å². The first-order valence-corrected chi connectivity index (χ1v) is 10.0. The maximum atomic E-state index is 12.5. The van der Waals surface area contributed by atoms with Crippen LogP contribution in [0.4, 0.5) is 4.39 Å². The number of ether oxygens (including phenoxy) is 1. The molecule has 0 spiro atoms. The van der Waals surface area contributed by atoms with Crippen molar-refractivity contribution in [2.45, 2.75) is 38.2 Å². The van der Waals surface area contributed by atoms with E-state index >= 15 is 0 Å². The van der Waals surface area contributed by atoms with Crippen molar-refractivity contribution in [2.24, 2.45) is 22.0 Å². The summed E-state index contributed by atoms with van der Waals surface area (Å²) in [5, 5.41) is 9.21. The smallest absolute Gasteiger partial charge is 0.113 e. The predicted molar refractivity (Wildman–Crippen MR) is 107 cm³/mol. The van der Waals surface area contributed by atoms with Gasteiger partial charge in [0.15, 0.2) is 0 Å². The summed E-state index contributed by atoms with van der Waals surface area (Å²) in [5.74, 6) is 0.465. The Hall–Kier alpha value is -2.47. The molecule has 5 nitrogen and oxygen atoms in total. The van der Waals surface area contributed by atoms with Crippen LogP contribution in [0.25, 0.3) is 0 Å². The standard InChI is InChI=1S/C22H25FN4O/c23-12-15-28-16-6-5-7-17-18(11-10-16)22(20-9-2-4-14-25-20)27-26-21(17)19-8-1-3-13-24-19/h1-4,8-9,13-14,16-18H,5-7,10-12,15H2/t16-,17+,18+/m1/s1/i23-1. The van der Waals surface area contributed by atoms with Crippen molar-refractivity contribution in [3.63, 3.8) is 0 Å². The van der Waals surface area contributed by atoms with Gasteiger partial charge in [0.2, 0.25) is 0 Å². The molecule has 1 fully saturated rings. The van der Waals surface area contributed by atoms with Crippen molar-refractivity contribution in [1.29, 1.82) is 0 Å². The molecular weight excluding hydrogens is 354 g/mol. The van der Waals surface area contributed by atoms with Crippen molar-refractivity contribution in [3.8, 4) is 0 Å². The first-order chi connectivity index (χ1) is 13.9. The fraction of sp³-hybridized carbons (Fsp3) is 0.455. The van der Waals surface area contributed by atoms with Crippen molar-refractivity contribution in [2.75, 3.05) is 13.3 Å². The Morgan fingerprint density at radius 2 is 1.46 bits per heavy atom. The minimum absolute atomic E-state index is 0.110. The van der Waals surface area contributed by atoms with Gasteiger partial charge in [0.05, 0.1) is 35.5 Å². The minimum Gasteiger partial charge on any atom is -0.376 e. The van der Waals surface area contributed by atoms with E-state index in [9.17, 15) is 4.39 Å². The van der Waals surface area contributed by atoms with E-state index in [4.69, 9.17) is 4.74 Å². The van der Waals surface area contributed by atoms with Crippen molar-refractivity contribution >= 4 is 11.4 Å². The zero-order valence-corrected chi connectivity index (χ0v) is 15.9. The maximum Gasteiger partial charge on any atom is 0.113 e. The number of nitrogens with zero attached hydrogens (tertiary/aromatic N) is 4. The molecule has 0 unspecified atom stereocenters. The van der Waals surface area contributed by atoms with Crippen LogP contribution in [-0.4, -0.2) is 40.8 Å². The topological polar surface area (TPSA) is 59.7 Å². The highest BCUT2D eigenvalue weighted by molar-refractivity contribution is 6.10. The van der Waals surface area contributed by atoms with E-state index < -0.39 is 6.67 Å². The lowest BCUT2D eigenvalue weighted by Crippen LogP contribution is -2.37. The van der Waals surface area contributed by atoms with Crippen molar-refractivity contribution in [1.82, 2.24) is 9.97 Å². The maximum absolute atomic E-state index is 12.5. The largest absolute Gasteiger partial charge is 0.376 e. The summed E-state index contributed by atoms with van der Waals surface area (Å²) in [7, 11) is 0. The molecule has 2 aliphatic rings. The van der Waals surface area contributed by atoms with Crippen LogP contribution in [0.2, 0.25) is 0 Å². The van der Waals surface area contributed by atoms with Gasteiger partial charge in [-0.1, -0.05) is 18.6 Å². The minimum atomic E-state index is -0.431. The fourth-order valence-electron chi connectivity index (χ4n) is 4.28. The number of hydrogen-bond acceptors (Lipinski definition) is 5. The van der Waals surface area contributed by atoms with Gasteiger partial charge >= 0.3 is 0 Å². The normalized spacial score (nSPS) is 25.1. The van der Waals surface area contributed by atoms with Gasteiger partial charge in [0.25, 0.3) is 0 Å². The van der Waals surface area contributed by atoms with Crippen LogP contribution in [0, 0.1) is 11.8 Å². The van der Waals surface area contributed by atoms with Gasteiger partial charge in [0, 0.05) is 24.2 Å². The summed E-state index contributed by atoms with van der Waals surface area (Å²) in [6, 6.07) is 11.8. The number of alkyl halides is 1. The lowest BCUT2D eigenvalue weighted by molar-refractivity contribution is 0.0245. The SMILES string of the molecule is [18F]CCO[C@@H]1CCC[C@@H]2C(c3ccccn3)=NN=C(c3ccccn3)[C@H]2CC1. The number of hydrogen-bond donors (Lipinski definition) is 0. The summed E-state index contributed by atoms with van der Waals surface area (Å²) in [5.41, 5.74) is 3.68. The van der Waals surface area contributed by atoms with Crippen molar-refractivity contribution < 1.29 is 9.13 Å². The molecule has 3 heterocycles.